The van der Waals surface area contributed by atoms with Crippen LogP contribution in [0.1, 0.15) is 35.6 Å². The Morgan fingerprint density at radius 3 is 2.74 bits per heavy atom. The van der Waals surface area contributed by atoms with Crippen molar-refractivity contribution in [1.29, 1.82) is 0 Å². The van der Waals surface area contributed by atoms with E-state index in [1.807, 2.05) is 17.9 Å². The molecule has 0 fully saturated rings. The molecular weight excluding hydrogens is 401 g/mol. The van der Waals surface area contributed by atoms with Crippen LogP contribution in [0.2, 0.25) is 0 Å². The van der Waals surface area contributed by atoms with E-state index in [0.717, 1.165) is 27.6 Å². The van der Waals surface area contributed by atoms with Gasteiger partial charge in [0.1, 0.15) is 23.9 Å². The molecule has 162 valence electrons. The van der Waals surface area contributed by atoms with Crippen molar-refractivity contribution in [3.63, 3.8) is 0 Å². The molecule has 0 bridgehead atoms. The summed E-state index contributed by atoms with van der Waals surface area (Å²) in [7, 11) is 0. The maximum Gasteiger partial charge on any atom is 0.336 e. The number of esters is 1. The van der Waals surface area contributed by atoms with E-state index in [-0.39, 0.29) is 18.2 Å². The number of hydrogen-bond donors (Lipinski definition) is 0. The summed E-state index contributed by atoms with van der Waals surface area (Å²) in [5, 5.41) is 0.824. The lowest BCUT2D eigenvalue weighted by Crippen LogP contribution is -2.32. The minimum absolute atomic E-state index is 0.240. The quantitative estimate of drug-likeness (QED) is 0.438. The molecule has 31 heavy (non-hydrogen) atoms. The Bertz CT molecular complexity index is 1170. The minimum atomic E-state index is -0.415. The largest absolute Gasteiger partial charge is 0.477 e. The number of benzene rings is 2. The van der Waals surface area contributed by atoms with E-state index in [1.165, 1.54) is 18.2 Å². The van der Waals surface area contributed by atoms with Gasteiger partial charge in [-0.1, -0.05) is 12.1 Å². The van der Waals surface area contributed by atoms with Gasteiger partial charge in [-0.2, -0.15) is 0 Å². The molecule has 7 heteroatoms. The van der Waals surface area contributed by atoms with Gasteiger partial charge in [0.2, 0.25) is 0 Å². The van der Waals surface area contributed by atoms with Crippen molar-refractivity contribution < 1.29 is 23.1 Å². The van der Waals surface area contributed by atoms with E-state index < -0.39 is 5.63 Å². The van der Waals surface area contributed by atoms with Gasteiger partial charge in [-0.05, 0) is 55.2 Å². The summed E-state index contributed by atoms with van der Waals surface area (Å²) >= 11 is 0. The highest BCUT2D eigenvalue weighted by Gasteiger charge is 2.25. The molecule has 6 nitrogen and oxygen atoms in total. The molecule has 0 radical (unpaired) electrons. The van der Waals surface area contributed by atoms with Gasteiger partial charge in [-0.15, -0.1) is 0 Å². The van der Waals surface area contributed by atoms with Crippen LogP contribution in [0.5, 0.6) is 5.75 Å². The van der Waals surface area contributed by atoms with Crippen molar-refractivity contribution in [2.75, 3.05) is 13.3 Å². The fourth-order valence-electron chi connectivity index (χ4n) is 3.91. The maximum atomic E-state index is 13.2. The van der Waals surface area contributed by atoms with Gasteiger partial charge in [0.05, 0.1) is 12.2 Å². The first-order valence-corrected chi connectivity index (χ1v) is 10.3. The Morgan fingerprint density at radius 2 is 2.00 bits per heavy atom. The van der Waals surface area contributed by atoms with Crippen LogP contribution in [-0.4, -0.2) is 24.2 Å². The molecule has 2 heterocycles. The van der Waals surface area contributed by atoms with Gasteiger partial charge < -0.3 is 13.9 Å². The Balaban J connectivity index is 1.69. The molecule has 0 amide bonds. The van der Waals surface area contributed by atoms with Gasteiger partial charge in [0.15, 0.2) is 0 Å². The number of halogens is 1. The molecule has 0 unspecified atom stereocenters. The summed E-state index contributed by atoms with van der Waals surface area (Å²) < 4.78 is 29.9. The third-order valence-corrected chi connectivity index (χ3v) is 5.36. The van der Waals surface area contributed by atoms with E-state index in [2.05, 4.69) is 0 Å². The molecule has 2 aromatic carbocycles. The lowest BCUT2D eigenvalue weighted by atomic mass is 9.97. The third-order valence-electron chi connectivity index (χ3n) is 5.36. The Hall–Kier alpha value is -3.19. The number of aryl methyl sites for hydroxylation is 2. The molecule has 0 saturated heterocycles. The lowest BCUT2D eigenvalue weighted by Gasteiger charge is -2.31. The van der Waals surface area contributed by atoms with E-state index in [1.54, 1.807) is 19.1 Å². The SMILES string of the molecule is CCOC(=O)CCc1cc2c(C)cc(=O)oc2c2c1OCN(Cc1ccc(F)cc1)C2. The zero-order valence-electron chi connectivity index (χ0n) is 17.6. The number of hydrogen-bond acceptors (Lipinski definition) is 6. The number of nitrogens with zero attached hydrogens (tertiary/aromatic N) is 1. The standard InChI is InChI=1S/C24H24FNO5/c1-3-29-21(27)9-6-17-11-19-15(2)10-22(28)31-24(19)20-13-26(14-30-23(17)20)12-16-4-7-18(25)8-5-16/h4-5,7-8,10-11H,3,6,9,12-14H2,1-2H3. The van der Waals surface area contributed by atoms with Crippen molar-refractivity contribution in [3.8, 4) is 5.75 Å². The Kier molecular flexibility index (Phi) is 6.04. The average molecular weight is 425 g/mol. The first-order valence-electron chi connectivity index (χ1n) is 10.3. The Morgan fingerprint density at radius 1 is 1.23 bits per heavy atom. The van der Waals surface area contributed by atoms with Gasteiger partial charge in [-0.25, -0.2) is 9.18 Å². The summed E-state index contributed by atoms with van der Waals surface area (Å²) in [5.41, 5.74) is 3.52. The van der Waals surface area contributed by atoms with Crippen LogP contribution >= 0.6 is 0 Å². The normalized spacial score (nSPS) is 13.6. The van der Waals surface area contributed by atoms with Crippen LogP contribution in [-0.2, 0) is 29.0 Å². The second-order valence-electron chi connectivity index (χ2n) is 7.66. The summed E-state index contributed by atoms with van der Waals surface area (Å²) in [6.45, 7) is 5.37. The average Bonchev–Trinajstić information content (AvgIpc) is 2.74. The van der Waals surface area contributed by atoms with Crippen LogP contribution < -0.4 is 10.4 Å². The van der Waals surface area contributed by atoms with Crippen LogP contribution in [0.15, 0.2) is 45.6 Å². The molecule has 3 aromatic rings. The van der Waals surface area contributed by atoms with Crippen molar-refractivity contribution in [3.05, 3.63) is 74.9 Å². The number of carbonyl (C=O) groups is 1. The zero-order valence-corrected chi connectivity index (χ0v) is 17.6. The fourth-order valence-corrected chi connectivity index (χ4v) is 3.91. The predicted octanol–water partition coefficient (Wildman–Crippen LogP) is 4.09. The van der Waals surface area contributed by atoms with E-state index in [0.29, 0.717) is 44.2 Å². The zero-order chi connectivity index (χ0) is 22.0. The van der Waals surface area contributed by atoms with Crippen molar-refractivity contribution >= 4 is 16.9 Å². The highest BCUT2D eigenvalue weighted by Crippen LogP contribution is 2.37. The fraction of sp³-hybridized carbons (Fsp3) is 0.333. The van der Waals surface area contributed by atoms with Crippen molar-refractivity contribution in [2.45, 2.75) is 39.8 Å². The summed E-state index contributed by atoms with van der Waals surface area (Å²) in [5.74, 6) is 0.112. The molecular formula is C24H24FNO5. The molecule has 0 saturated carbocycles. The summed E-state index contributed by atoms with van der Waals surface area (Å²) in [6.07, 6.45) is 0.706. The maximum absolute atomic E-state index is 13.2. The van der Waals surface area contributed by atoms with E-state index >= 15 is 0 Å². The second-order valence-corrected chi connectivity index (χ2v) is 7.66. The molecule has 4 rings (SSSR count). The topological polar surface area (TPSA) is 69.0 Å². The molecule has 1 aromatic heterocycles. The molecule has 0 N–H and O–H groups in total. The monoisotopic (exact) mass is 425 g/mol. The van der Waals surface area contributed by atoms with Crippen LogP contribution in [0.3, 0.4) is 0 Å². The number of carbonyl (C=O) groups excluding carboxylic acids is 1. The first kappa shape index (κ1) is 21.1. The van der Waals surface area contributed by atoms with Gasteiger partial charge in [-0.3, -0.25) is 9.69 Å². The van der Waals surface area contributed by atoms with Crippen molar-refractivity contribution in [2.24, 2.45) is 0 Å². The van der Waals surface area contributed by atoms with Gasteiger partial charge in [0.25, 0.3) is 0 Å². The third kappa shape index (κ3) is 4.61. The number of rotatable bonds is 6. The molecule has 0 spiro atoms. The number of fused-ring (bicyclic) bond motifs is 3. The molecule has 0 atom stereocenters. The lowest BCUT2D eigenvalue weighted by molar-refractivity contribution is -0.143. The number of ether oxygens (including phenoxy) is 2. The van der Waals surface area contributed by atoms with E-state index in [9.17, 15) is 14.0 Å². The van der Waals surface area contributed by atoms with Crippen LogP contribution in [0, 0.1) is 12.7 Å². The second kappa shape index (κ2) is 8.89. The smallest absolute Gasteiger partial charge is 0.336 e. The highest BCUT2D eigenvalue weighted by atomic mass is 19.1. The van der Waals surface area contributed by atoms with E-state index in [4.69, 9.17) is 13.9 Å². The van der Waals surface area contributed by atoms with Crippen molar-refractivity contribution in [1.82, 2.24) is 4.90 Å². The first-order chi connectivity index (χ1) is 14.9. The highest BCUT2D eigenvalue weighted by molar-refractivity contribution is 5.86. The minimum Gasteiger partial charge on any atom is -0.477 e. The Labute approximate surface area is 179 Å². The van der Waals surface area contributed by atoms with Crippen LogP contribution in [0.4, 0.5) is 4.39 Å². The van der Waals surface area contributed by atoms with Crippen LogP contribution in [0.25, 0.3) is 11.0 Å². The summed E-state index contributed by atoms with van der Waals surface area (Å²) in [4.78, 5) is 26.0. The molecule has 1 aliphatic heterocycles. The summed E-state index contributed by atoms with van der Waals surface area (Å²) in [6, 6.07) is 9.73. The molecule has 0 aliphatic carbocycles. The molecule has 1 aliphatic rings. The predicted molar refractivity (Wildman–Crippen MR) is 113 cm³/mol. The van der Waals surface area contributed by atoms with Gasteiger partial charge in [0, 0.05) is 31.0 Å². The van der Waals surface area contributed by atoms with Gasteiger partial charge >= 0.3 is 11.6 Å².